The third-order valence-electron chi connectivity index (χ3n) is 3.97. The largest absolute Gasteiger partial charge is 0.444 e. The Morgan fingerprint density at radius 1 is 1.21 bits per heavy atom. The maximum atomic E-state index is 11.9. The van der Waals surface area contributed by atoms with Crippen molar-refractivity contribution in [3.8, 4) is 0 Å². The summed E-state index contributed by atoms with van der Waals surface area (Å²) in [5.74, 6) is 0. The van der Waals surface area contributed by atoms with Gasteiger partial charge in [0, 0.05) is 4.86 Å². The molecular weight excluding hydrogens is 346 g/mol. The van der Waals surface area contributed by atoms with Crippen LogP contribution in [0.2, 0.25) is 18.1 Å². The lowest BCUT2D eigenvalue weighted by Gasteiger charge is -2.37. The van der Waals surface area contributed by atoms with Gasteiger partial charge >= 0.3 is 6.09 Å². The Labute approximate surface area is 152 Å². The maximum Gasteiger partial charge on any atom is 0.408 e. The van der Waals surface area contributed by atoms with Crippen molar-refractivity contribution in [2.75, 3.05) is 13.2 Å². The second kappa shape index (κ2) is 8.71. The van der Waals surface area contributed by atoms with Gasteiger partial charge in [-0.3, -0.25) is 0 Å². The van der Waals surface area contributed by atoms with Crippen LogP contribution in [0.25, 0.3) is 0 Å². The number of rotatable bonds is 7. The highest BCUT2D eigenvalue weighted by atomic mass is 32.1. The van der Waals surface area contributed by atoms with Gasteiger partial charge in [-0.1, -0.05) is 33.0 Å². The monoisotopic (exact) mass is 379 g/mol. The second-order valence-corrected chi connectivity index (χ2v) is 13.7. The quantitative estimate of drug-likeness (QED) is 0.465. The number of ether oxygens (including phenoxy) is 1. The first-order valence-electron chi connectivity index (χ1n) is 8.06. The van der Waals surface area contributed by atoms with Crippen LogP contribution in [-0.2, 0) is 9.16 Å². The minimum atomic E-state index is -2.01. The lowest BCUT2D eigenvalue weighted by Crippen LogP contribution is -2.53. The van der Waals surface area contributed by atoms with Gasteiger partial charge in [-0.25, -0.2) is 4.79 Å². The highest BCUT2D eigenvalue weighted by Gasteiger charge is 2.38. The van der Waals surface area contributed by atoms with Crippen LogP contribution in [0.3, 0.4) is 0 Å². The number of carbonyl (C=O) groups is 1. The number of hydrogen-bond acceptors (Lipinski definition) is 6. The van der Waals surface area contributed by atoms with Gasteiger partial charge in [-0.05, 0) is 38.9 Å². The molecule has 142 valence electrons. The SMILES string of the molecule is CC(C)(C)OC(=O)N[C@@H](C(=S)CO[Si](C)(C)C(C)(C)C)C(O)CO. The summed E-state index contributed by atoms with van der Waals surface area (Å²) in [4.78, 5) is 12.3. The lowest BCUT2D eigenvalue weighted by atomic mass is 10.1. The minimum absolute atomic E-state index is 0.0201. The number of aliphatic hydroxyl groups is 2. The molecule has 0 spiro atoms. The molecule has 0 aromatic carbocycles. The van der Waals surface area contributed by atoms with Gasteiger partial charge in [0.15, 0.2) is 8.32 Å². The molecule has 6 nitrogen and oxygen atoms in total. The Hall–Kier alpha value is -0.543. The van der Waals surface area contributed by atoms with Crippen LogP contribution in [0, 0.1) is 0 Å². The molecule has 0 aromatic rings. The van der Waals surface area contributed by atoms with Gasteiger partial charge in [-0.15, -0.1) is 0 Å². The van der Waals surface area contributed by atoms with Crippen LogP contribution in [0.5, 0.6) is 0 Å². The van der Waals surface area contributed by atoms with Gasteiger partial charge in [-0.2, -0.15) is 0 Å². The Kier molecular flexibility index (Phi) is 8.51. The molecule has 1 unspecified atom stereocenters. The third-order valence-corrected chi connectivity index (χ3v) is 8.82. The number of alkyl carbamates (subject to hydrolysis) is 1. The second-order valence-electron chi connectivity index (χ2n) is 8.39. The molecule has 0 rings (SSSR count). The number of aliphatic hydroxyl groups excluding tert-OH is 2. The van der Waals surface area contributed by atoms with E-state index in [0.29, 0.717) is 4.86 Å². The van der Waals surface area contributed by atoms with E-state index in [1.807, 2.05) is 0 Å². The Balaban J connectivity index is 4.95. The van der Waals surface area contributed by atoms with Crippen molar-refractivity contribution in [1.82, 2.24) is 5.32 Å². The molecule has 0 aromatic heterocycles. The van der Waals surface area contributed by atoms with Crippen LogP contribution >= 0.6 is 12.2 Å². The van der Waals surface area contributed by atoms with Crippen LogP contribution in [0.15, 0.2) is 0 Å². The van der Waals surface area contributed by atoms with Crippen LogP contribution in [-0.4, -0.2) is 60.4 Å². The average molecular weight is 380 g/mol. The summed E-state index contributed by atoms with van der Waals surface area (Å²) < 4.78 is 11.2. The fourth-order valence-electron chi connectivity index (χ4n) is 1.49. The Bertz CT molecular complexity index is 443. The first-order chi connectivity index (χ1) is 10.6. The molecule has 0 saturated carbocycles. The van der Waals surface area contributed by atoms with Crippen LogP contribution < -0.4 is 5.32 Å². The molecule has 0 aliphatic carbocycles. The van der Waals surface area contributed by atoms with Crippen molar-refractivity contribution in [2.24, 2.45) is 0 Å². The molecule has 8 heteroatoms. The predicted molar refractivity (Wildman–Crippen MR) is 102 cm³/mol. The standard InChI is InChI=1S/C16H33NO5SSi/c1-15(2,3)22-14(20)17-13(11(19)9-18)12(23)10-21-24(7,8)16(4,5)6/h11,13,18-19H,9-10H2,1-8H3,(H,17,20)/t11?,13-/m1/s1. The third kappa shape index (κ3) is 8.02. The highest BCUT2D eigenvalue weighted by molar-refractivity contribution is 7.80. The molecule has 0 aliphatic rings. The van der Waals surface area contributed by atoms with Crippen molar-refractivity contribution >= 4 is 31.5 Å². The lowest BCUT2D eigenvalue weighted by molar-refractivity contribution is 0.0399. The predicted octanol–water partition coefficient (Wildman–Crippen LogP) is 2.62. The summed E-state index contributed by atoms with van der Waals surface area (Å²) in [5.41, 5.74) is -0.669. The summed E-state index contributed by atoms with van der Waals surface area (Å²) in [7, 11) is -2.01. The number of thiocarbonyl (C=S) groups is 1. The van der Waals surface area contributed by atoms with Gasteiger partial charge in [0.2, 0.25) is 0 Å². The van der Waals surface area contributed by atoms with Crippen molar-refractivity contribution in [1.29, 1.82) is 0 Å². The molecule has 0 heterocycles. The molecule has 0 radical (unpaired) electrons. The van der Waals surface area contributed by atoms with Crippen molar-refractivity contribution in [3.05, 3.63) is 0 Å². The number of nitrogens with one attached hydrogen (secondary N) is 1. The summed E-state index contributed by atoms with van der Waals surface area (Å²) in [6.45, 7) is 15.3. The molecule has 0 aliphatic heterocycles. The van der Waals surface area contributed by atoms with Crippen molar-refractivity contribution < 1.29 is 24.2 Å². The minimum Gasteiger partial charge on any atom is -0.444 e. The van der Waals surface area contributed by atoms with Crippen LogP contribution in [0.1, 0.15) is 41.5 Å². The van der Waals surface area contributed by atoms with E-state index in [0.717, 1.165) is 0 Å². The van der Waals surface area contributed by atoms with Crippen molar-refractivity contribution in [3.63, 3.8) is 0 Å². The number of carbonyl (C=O) groups excluding carboxylic acids is 1. The fraction of sp³-hybridized carbons (Fsp3) is 0.875. The number of hydrogen-bond donors (Lipinski definition) is 3. The molecular formula is C16H33NO5SSi. The van der Waals surface area contributed by atoms with Gasteiger partial charge < -0.3 is 24.7 Å². The Morgan fingerprint density at radius 3 is 2.08 bits per heavy atom. The molecule has 24 heavy (non-hydrogen) atoms. The molecule has 0 fully saturated rings. The first kappa shape index (κ1) is 23.5. The number of amides is 1. The maximum absolute atomic E-state index is 11.9. The zero-order valence-corrected chi connectivity index (χ0v) is 17.9. The van der Waals surface area contributed by atoms with Gasteiger partial charge in [0.25, 0.3) is 0 Å². The van der Waals surface area contributed by atoms with Crippen molar-refractivity contribution in [2.45, 2.75) is 77.4 Å². The van der Waals surface area contributed by atoms with Gasteiger partial charge in [0.1, 0.15) is 11.7 Å². The highest BCUT2D eigenvalue weighted by Crippen LogP contribution is 2.36. The van der Waals surface area contributed by atoms with E-state index in [1.54, 1.807) is 20.8 Å². The molecule has 1 amide bonds. The molecule has 2 atom stereocenters. The fourth-order valence-corrected chi connectivity index (χ4v) is 2.82. The normalized spacial score (nSPS) is 15.6. The summed E-state index contributed by atoms with van der Waals surface area (Å²) in [5, 5.41) is 21.7. The smallest absolute Gasteiger partial charge is 0.408 e. The van der Waals surface area contributed by atoms with E-state index in [4.69, 9.17) is 21.4 Å². The topological polar surface area (TPSA) is 88.0 Å². The van der Waals surface area contributed by atoms with E-state index in [1.165, 1.54) is 0 Å². The summed E-state index contributed by atoms with van der Waals surface area (Å²) >= 11 is 5.32. The zero-order chi connectivity index (χ0) is 19.3. The van der Waals surface area contributed by atoms with E-state index >= 15 is 0 Å². The van der Waals surface area contributed by atoms with E-state index in [-0.39, 0.29) is 11.6 Å². The Morgan fingerprint density at radius 2 is 1.71 bits per heavy atom. The van der Waals surface area contributed by atoms with E-state index in [2.05, 4.69) is 39.2 Å². The first-order valence-corrected chi connectivity index (χ1v) is 11.4. The molecule has 0 bridgehead atoms. The molecule has 0 saturated heterocycles. The molecule has 3 N–H and O–H groups in total. The summed E-state index contributed by atoms with van der Waals surface area (Å²) in [6.07, 6.45) is -1.91. The summed E-state index contributed by atoms with van der Waals surface area (Å²) in [6, 6.07) is -0.912. The van der Waals surface area contributed by atoms with Gasteiger partial charge in [0.05, 0.1) is 19.3 Å². The zero-order valence-electron chi connectivity index (χ0n) is 16.1. The van der Waals surface area contributed by atoms with E-state index < -0.39 is 38.8 Å². The van der Waals surface area contributed by atoms with E-state index in [9.17, 15) is 15.0 Å². The van der Waals surface area contributed by atoms with Crippen LogP contribution in [0.4, 0.5) is 4.79 Å². The average Bonchev–Trinajstić information content (AvgIpc) is 2.38.